The van der Waals surface area contributed by atoms with Crippen LogP contribution < -0.4 is 9.47 Å². The summed E-state index contributed by atoms with van der Waals surface area (Å²) in [5.41, 5.74) is 3.02. The first-order valence-corrected chi connectivity index (χ1v) is 8.47. The molecular weight excluding hydrogens is 316 g/mol. The molecule has 1 atom stereocenters. The molecule has 0 amide bonds. The maximum Gasteiger partial charge on any atom is 0.161 e. The summed E-state index contributed by atoms with van der Waals surface area (Å²) >= 11 is 0. The van der Waals surface area contributed by atoms with Crippen LogP contribution in [-0.4, -0.2) is 24.1 Å². The second-order valence-corrected chi connectivity index (χ2v) is 6.56. The molecule has 0 aromatic heterocycles. The Morgan fingerprint density at radius 1 is 1.08 bits per heavy atom. The van der Waals surface area contributed by atoms with E-state index in [2.05, 4.69) is 6.92 Å². The third-order valence-electron chi connectivity index (χ3n) is 4.09. The fraction of sp³-hybridized carbons (Fsp3) is 0.381. The summed E-state index contributed by atoms with van der Waals surface area (Å²) in [6, 6.07) is 11.0. The summed E-state index contributed by atoms with van der Waals surface area (Å²) in [7, 11) is 1.60. The van der Waals surface area contributed by atoms with Crippen molar-refractivity contribution in [3.8, 4) is 17.2 Å². The molecule has 4 nitrogen and oxygen atoms in total. The molecule has 0 fully saturated rings. The predicted octanol–water partition coefficient (Wildman–Crippen LogP) is 4.47. The van der Waals surface area contributed by atoms with E-state index in [1.807, 2.05) is 38.1 Å². The number of aromatic hydroxyl groups is 1. The number of phenols is 1. The van der Waals surface area contributed by atoms with E-state index in [-0.39, 0.29) is 23.6 Å². The highest BCUT2D eigenvalue weighted by Gasteiger charge is 2.19. The largest absolute Gasteiger partial charge is 0.508 e. The summed E-state index contributed by atoms with van der Waals surface area (Å²) < 4.78 is 11.3. The van der Waals surface area contributed by atoms with Crippen molar-refractivity contribution in [2.75, 3.05) is 7.11 Å². The van der Waals surface area contributed by atoms with Crippen LogP contribution in [0.5, 0.6) is 17.2 Å². The van der Waals surface area contributed by atoms with Crippen molar-refractivity contribution in [2.45, 2.75) is 46.1 Å². The summed E-state index contributed by atoms with van der Waals surface area (Å²) in [6.45, 7) is 7.59. The van der Waals surface area contributed by atoms with Gasteiger partial charge < -0.3 is 14.6 Å². The third kappa shape index (κ3) is 4.75. The highest BCUT2D eigenvalue weighted by Crippen LogP contribution is 2.37. The van der Waals surface area contributed by atoms with Gasteiger partial charge in [-0.05, 0) is 61.7 Å². The first kappa shape index (κ1) is 18.8. The van der Waals surface area contributed by atoms with Gasteiger partial charge in [-0.2, -0.15) is 0 Å². The number of ketones is 1. The molecule has 0 aliphatic rings. The molecule has 0 heterocycles. The van der Waals surface area contributed by atoms with Crippen molar-refractivity contribution in [1.29, 1.82) is 0 Å². The van der Waals surface area contributed by atoms with E-state index in [0.29, 0.717) is 17.9 Å². The Morgan fingerprint density at radius 2 is 1.72 bits per heavy atom. The molecule has 0 saturated carbocycles. The predicted molar refractivity (Wildman–Crippen MR) is 98.8 cm³/mol. The van der Waals surface area contributed by atoms with E-state index >= 15 is 0 Å². The number of carbonyl (C=O) groups is 1. The molecule has 4 heteroatoms. The third-order valence-corrected chi connectivity index (χ3v) is 4.09. The van der Waals surface area contributed by atoms with Crippen LogP contribution in [0.4, 0.5) is 0 Å². The summed E-state index contributed by atoms with van der Waals surface area (Å²) in [5.74, 6) is 1.68. The van der Waals surface area contributed by atoms with E-state index < -0.39 is 0 Å². The molecule has 1 N–H and O–H groups in total. The molecule has 1 unspecified atom stereocenters. The lowest BCUT2D eigenvalue weighted by Gasteiger charge is -2.21. The lowest BCUT2D eigenvalue weighted by molar-refractivity contribution is -0.116. The van der Waals surface area contributed by atoms with E-state index in [0.717, 1.165) is 16.7 Å². The zero-order valence-electron chi connectivity index (χ0n) is 15.5. The van der Waals surface area contributed by atoms with Gasteiger partial charge in [0.15, 0.2) is 11.5 Å². The second-order valence-electron chi connectivity index (χ2n) is 6.56. The minimum atomic E-state index is 0.0179. The Morgan fingerprint density at radius 3 is 2.24 bits per heavy atom. The number of rotatable bonds is 7. The van der Waals surface area contributed by atoms with Crippen molar-refractivity contribution in [3.05, 3.63) is 53.1 Å². The maximum absolute atomic E-state index is 11.7. The Balaban J connectivity index is 2.54. The SMILES string of the molecule is COc1cc(CC(C)=O)c(C(C)c2ccc(O)cc2)cc1OC(C)C. The Kier molecular flexibility index (Phi) is 6.07. The molecule has 0 radical (unpaired) electrons. The molecule has 2 aromatic carbocycles. The van der Waals surface area contributed by atoms with E-state index in [1.165, 1.54) is 0 Å². The number of ether oxygens (including phenoxy) is 2. The van der Waals surface area contributed by atoms with Gasteiger partial charge in [-0.3, -0.25) is 4.79 Å². The van der Waals surface area contributed by atoms with Gasteiger partial charge in [0.25, 0.3) is 0 Å². The minimum absolute atomic E-state index is 0.0179. The van der Waals surface area contributed by atoms with E-state index in [4.69, 9.17) is 9.47 Å². The van der Waals surface area contributed by atoms with Crippen molar-refractivity contribution in [2.24, 2.45) is 0 Å². The number of phenolic OH excluding ortho intramolecular Hbond substituents is 1. The normalized spacial score (nSPS) is 12.1. The van der Waals surface area contributed by atoms with Crippen LogP contribution in [0.15, 0.2) is 36.4 Å². The molecule has 25 heavy (non-hydrogen) atoms. The first-order valence-electron chi connectivity index (χ1n) is 8.47. The number of hydrogen-bond acceptors (Lipinski definition) is 4. The fourth-order valence-electron chi connectivity index (χ4n) is 2.89. The smallest absolute Gasteiger partial charge is 0.161 e. The zero-order valence-corrected chi connectivity index (χ0v) is 15.5. The summed E-state index contributed by atoms with van der Waals surface area (Å²) in [4.78, 5) is 11.7. The Hall–Kier alpha value is -2.49. The van der Waals surface area contributed by atoms with E-state index in [1.54, 1.807) is 26.2 Å². The van der Waals surface area contributed by atoms with Crippen LogP contribution in [0.3, 0.4) is 0 Å². The van der Waals surface area contributed by atoms with Crippen LogP contribution in [0, 0.1) is 0 Å². The number of Topliss-reactive ketones (excluding diaryl/α,β-unsaturated/α-hetero) is 1. The van der Waals surface area contributed by atoms with Crippen molar-refractivity contribution in [1.82, 2.24) is 0 Å². The number of hydrogen-bond donors (Lipinski definition) is 1. The van der Waals surface area contributed by atoms with Gasteiger partial charge in [-0.1, -0.05) is 19.1 Å². The molecule has 0 spiro atoms. The highest BCUT2D eigenvalue weighted by atomic mass is 16.5. The van der Waals surface area contributed by atoms with Gasteiger partial charge in [0, 0.05) is 12.3 Å². The highest BCUT2D eigenvalue weighted by molar-refractivity contribution is 5.79. The molecule has 2 rings (SSSR count). The zero-order chi connectivity index (χ0) is 18.6. The Bertz CT molecular complexity index is 732. The number of benzene rings is 2. The monoisotopic (exact) mass is 342 g/mol. The van der Waals surface area contributed by atoms with Crippen LogP contribution in [0.1, 0.15) is 50.3 Å². The lowest BCUT2D eigenvalue weighted by Crippen LogP contribution is -2.10. The lowest BCUT2D eigenvalue weighted by atomic mass is 9.87. The second kappa shape index (κ2) is 8.06. The topological polar surface area (TPSA) is 55.8 Å². The average Bonchev–Trinajstić information content (AvgIpc) is 2.55. The van der Waals surface area contributed by atoms with Crippen molar-refractivity contribution < 1.29 is 19.4 Å². The molecule has 0 bridgehead atoms. The molecule has 134 valence electrons. The minimum Gasteiger partial charge on any atom is -0.508 e. The van der Waals surface area contributed by atoms with Crippen LogP contribution in [0.2, 0.25) is 0 Å². The van der Waals surface area contributed by atoms with Crippen molar-refractivity contribution in [3.63, 3.8) is 0 Å². The van der Waals surface area contributed by atoms with Gasteiger partial charge in [0.1, 0.15) is 11.5 Å². The van der Waals surface area contributed by atoms with Crippen LogP contribution >= 0.6 is 0 Å². The summed E-state index contributed by atoms with van der Waals surface area (Å²) in [5, 5.41) is 9.51. The quantitative estimate of drug-likeness (QED) is 0.806. The Labute approximate surface area is 149 Å². The van der Waals surface area contributed by atoms with Gasteiger partial charge in [-0.15, -0.1) is 0 Å². The van der Waals surface area contributed by atoms with Crippen LogP contribution in [-0.2, 0) is 11.2 Å². The molecule has 0 aliphatic carbocycles. The number of carbonyl (C=O) groups excluding carboxylic acids is 1. The molecular formula is C21H26O4. The van der Waals surface area contributed by atoms with Gasteiger partial charge in [-0.25, -0.2) is 0 Å². The summed E-state index contributed by atoms with van der Waals surface area (Å²) in [6.07, 6.45) is 0.361. The first-order chi connectivity index (χ1) is 11.8. The standard InChI is InChI=1S/C21H26O4/c1-13(2)25-21-12-19(15(4)16-6-8-18(23)9-7-16)17(10-14(3)22)11-20(21)24-5/h6-9,11-13,15,23H,10H2,1-5H3. The fourth-order valence-corrected chi connectivity index (χ4v) is 2.89. The van der Waals surface area contributed by atoms with E-state index in [9.17, 15) is 9.90 Å². The van der Waals surface area contributed by atoms with Gasteiger partial charge in [0.2, 0.25) is 0 Å². The maximum atomic E-state index is 11.7. The van der Waals surface area contributed by atoms with Crippen LogP contribution in [0.25, 0.3) is 0 Å². The molecule has 0 saturated heterocycles. The number of methoxy groups -OCH3 is 1. The average molecular weight is 342 g/mol. The van der Waals surface area contributed by atoms with Gasteiger partial charge in [0.05, 0.1) is 13.2 Å². The van der Waals surface area contributed by atoms with Gasteiger partial charge >= 0.3 is 0 Å². The van der Waals surface area contributed by atoms with Crippen molar-refractivity contribution >= 4 is 5.78 Å². The molecule has 2 aromatic rings. The molecule has 0 aliphatic heterocycles.